The average Bonchev–Trinajstić information content (AvgIpc) is 3.40. The second kappa shape index (κ2) is 13.3. The average molecular weight is 562 g/mol. The number of likely N-dealkylation sites (N-methyl/N-ethyl adjacent to an activating group) is 1. The van der Waals surface area contributed by atoms with Crippen LogP contribution in [-0.2, 0) is 19.2 Å². The molecule has 0 aromatic heterocycles. The van der Waals surface area contributed by atoms with Gasteiger partial charge in [-0.25, -0.2) is 0 Å². The van der Waals surface area contributed by atoms with E-state index in [9.17, 15) is 19.2 Å². The molecule has 3 atom stereocenters. The van der Waals surface area contributed by atoms with Crippen LogP contribution in [0.25, 0.3) is 0 Å². The zero-order chi connectivity index (χ0) is 29.6. The lowest BCUT2D eigenvalue weighted by Crippen LogP contribution is -2.66. The number of hydrogen-bond acceptors (Lipinski definition) is 5. The highest BCUT2D eigenvalue weighted by Gasteiger charge is 2.53. The second-order valence-corrected chi connectivity index (χ2v) is 11.6. The summed E-state index contributed by atoms with van der Waals surface area (Å²) in [5.41, 5.74) is 0.739. The van der Waals surface area contributed by atoms with Crippen LogP contribution in [0.1, 0.15) is 63.6 Å². The van der Waals surface area contributed by atoms with Gasteiger partial charge in [-0.3, -0.25) is 19.2 Å². The van der Waals surface area contributed by atoms with E-state index in [2.05, 4.69) is 16.0 Å². The molecule has 0 bridgehead atoms. The summed E-state index contributed by atoms with van der Waals surface area (Å²) in [5, 5.41) is 9.04. The SMILES string of the molecule is CN[C@H](C)C(=O)N[C@@H]1CN(C(=O)CC(C)C)CC[C@@]2(C(=O)NC(c3ccccc3)c3ccccc3)CCCN2C1=O. The molecule has 0 saturated carbocycles. The standard InChI is InChI=1S/C32H43N5O4/c1-22(2)20-27(38)36-19-17-32(16-11-18-37(32)30(40)26(21-36)34-29(39)23(3)33-4)31(41)35-28(24-12-7-5-8-13-24)25-14-9-6-10-15-25/h5-10,12-15,22-23,26,28,33H,11,16-21H2,1-4H3,(H,34,39)(H,35,41)/t23-,26-,32-/m1/s1. The first-order chi connectivity index (χ1) is 19.7. The van der Waals surface area contributed by atoms with E-state index in [0.717, 1.165) is 11.1 Å². The minimum atomic E-state index is -1.13. The van der Waals surface area contributed by atoms with Crippen molar-refractivity contribution < 1.29 is 19.2 Å². The summed E-state index contributed by atoms with van der Waals surface area (Å²) in [5.74, 6) is -0.841. The van der Waals surface area contributed by atoms with E-state index in [1.165, 1.54) is 0 Å². The van der Waals surface area contributed by atoms with Crippen molar-refractivity contribution in [1.82, 2.24) is 25.8 Å². The fourth-order valence-corrected chi connectivity index (χ4v) is 5.86. The second-order valence-electron chi connectivity index (χ2n) is 11.6. The van der Waals surface area contributed by atoms with Crippen LogP contribution in [0.2, 0.25) is 0 Å². The molecular formula is C32H43N5O4. The van der Waals surface area contributed by atoms with Crippen LogP contribution in [0.4, 0.5) is 0 Å². The van der Waals surface area contributed by atoms with Crippen molar-refractivity contribution in [2.24, 2.45) is 5.92 Å². The van der Waals surface area contributed by atoms with E-state index < -0.39 is 23.7 Å². The van der Waals surface area contributed by atoms with Gasteiger partial charge in [0.2, 0.25) is 23.6 Å². The van der Waals surface area contributed by atoms with Crippen molar-refractivity contribution >= 4 is 23.6 Å². The molecule has 4 rings (SSSR count). The Kier molecular flexibility index (Phi) is 9.81. The molecule has 41 heavy (non-hydrogen) atoms. The molecule has 220 valence electrons. The summed E-state index contributed by atoms with van der Waals surface area (Å²) in [6.07, 6.45) is 1.81. The third-order valence-corrected chi connectivity index (χ3v) is 8.29. The van der Waals surface area contributed by atoms with Gasteiger partial charge in [0.25, 0.3) is 0 Å². The Balaban J connectivity index is 1.69. The molecule has 2 saturated heterocycles. The summed E-state index contributed by atoms with van der Waals surface area (Å²) in [7, 11) is 1.67. The lowest BCUT2D eigenvalue weighted by Gasteiger charge is -2.44. The van der Waals surface area contributed by atoms with Gasteiger partial charge in [0.05, 0.1) is 12.1 Å². The lowest BCUT2D eigenvalue weighted by molar-refractivity contribution is -0.152. The Morgan fingerprint density at radius 2 is 1.54 bits per heavy atom. The van der Waals surface area contributed by atoms with Crippen molar-refractivity contribution in [3.8, 4) is 0 Å². The van der Waals surface area contributed by atoms with Gasteiger partial charge in [-0.2, -0.15) is 0 Å². The Labute approximate surface area is 243 Å². The molecule has 0 unspecified atom stereocenters. The Hall–Kier alpha value is -3.72. The summed E-state index contributed by atoms with van der Waals surface area (Å²) in [6.45, 7) is 6.48. The van der Waals surface area contributed by atoms with Gasteiger partial charge < -0.3 is 25.8 Å². The highest BCUT2D eigenvalue weighted by molar-refractivity contribution is 5.96. The summed E-state index contributed by atoms with van der Waals surface area (Å²) >= 11 is 0. The minimum Gasteiger partial charge on any atom is -0.343 e. The van der Waals surface area contributed by atoms with Gasteiger partial charge in [-0.15, -0.1) is 0 Å². The minimum absolute atomic E-state index is 0.0808. The predicted molar refractivity (Wildman–Crippen MR) is 158 cm³/mol. The monoisotopic (exact) mass is 561 g/mol. The van der Waals surface area contributed by atoms with Gasteiger partial charge in [-0.05, 0) is 50.3 Å². The summed E-state index contributed by atoms with van der Waals surface area (Å²) < 4.78 is 0. The summed E-state index contributed by atoms with van der Waals surface area (Å²) in [4.78, 5) is 58.0. The fourth-order valence-electron chi connectivity index (χ4n) is 5.86. The van der Waals surface area contributed by atoms with Crippen molar-refractivity contribution in [1.29, 1.82) is 0 Å². The van der Waals surface area contributed by atoms with Crippen molar-refractivity contribution in [2.75, 3.05) is 26.7 Å². The first kappa shape index (κ1) is 30.2. The smallest absolute Gasteiger partial charge is 0.247 e. The molecule has 0 spiro atoms. The van der Waals surface area contributed by atoms with Crippen LogP contribution >= 0.6 is 0 Å². The number of hydrogen-bond donors (Lipinski definition) is 3. The molecule has 9 nitrogen and oxygen atoms in total. The van der Waals surface area contributed by atoms with Gasteiger partial charge >= 0.3 is 0 Å². The number of fused-ring (bicyclic) bond motifs is 1. The molecule has 9 heteroatoms. The van der Waals surface area contributed by atoms with Crippen LogP contribution < -0.4 is 16.0 Å². The highest BCUT2D eigenvalue weighted by atomic mass is 16.2. The first-order valence-electron chi connectivity index (χ1n) is 14.6. The van der Waals surface area contributed by atoms with E-state index in [1.54, 1.807) is 23.8 Å². The molecule has 2 aromatic rings. The fraction of sp³-hybridized carbons (Fsp3) is 0.500. The van der Waals surface area contributed by atoms with E-state index in [4.69, 9.17) is 0 Å². The third-order valence-electron chi connectivity index (χ3n) is 8.29. The van der Waals surface area contributed by atoms with Crippen molar-refractivity contribution in [3.05, 3.63) is 71.8 Å². The van der Waals surface area contributed by atoms with Crippen molar-refractivity contribution in [3.63, 3.8) is 0 Å². The van der Waals surface area contributed by atoms with E-state index >= 15 is 0 Å². The maximum Gasteiger partial charge on any atom is 0.247 e. The number of nitrogens with zero attached hydrogens (tertiary/aromatic N) is 2. The van der Waals surface area contributed by atoms with Gasteiger partial charge in [0.1, 0.15) is 11.6 Å². The molecule has 0 radical (unpaired) electrons. The highest BCUT2D eigenvalue weighted by Crippen LogP contribution is 2.36. The van der Waals surface area contributed by atoms with E-state index in [-0.39, 0.29) is 36.1 Å². The topological polar surface area (TPSA) is 111 Å². The zero-order valence-electron chi connectivity index (χ0n) is 24.6. The summed E-state index contributed by atoms with van der Waals surface area (Å²) in [6, 6.07) is 17.7. The van der Waals surface area contributed by atoms with Crippen LogP contribution in [0.3, 0.4) is 0 Å². The Bertz CT molecular complexity index is 1180. The number of carbonyl (C=O) groups excluding carboxylic acids is 4. The maximum absolute atomic E-state index is 14.4. The van der Waals surface area contributed by atoms with Crippen LogP contribution in [0.5, 0.6) is 0 Å². The molecule has 3 N–H and O–H groups in total. The zero-order valence-corrected chi connectivity index (χ0v) is 24.6. The molecule has 2 aliphatic heterocycles. The number of benzene rings is 2. The van der Waals surface area contributed by atoms with Crippen molar-refractivity contribution in [2.45, 2.75) is 70.1 Å². The molecule has 2 aliphatic rings. The number of carbonyl (C=O) groups is 4. The lowest BCUT2D eigenvalue weighted by atomic mass is 9.87. The van der Waals surface area contributed by atoms with Crippen LogP contribution in [-0.4, -0.2) is 77.7 Å². The molecule has 0 aliphatic carbocycles. The molecule has 2 fully saturated rings. The largest absolute Gasteiger partial charge is 0.343 e. The first-order valence-corrected chi connectivity index (χ1v) is 14.6. The van der Waals surface area contributed by atoms with Gasteiger partial charge in [0, 0.05) is 26.1 Å². The normalized spacial score (nSPS) is 21.7. The van der Waals surface area contributed by atoms with E-state index in [0.29, 0.717) is 38.8 Å². The van der Waals surface area contributed by atoms with Gasteiger partial charge in [-0.1, -0.05) is 74.5 Å². The number of nitrogens with one attached hydrogen (secondary N) is 3. The number of amides is 4. The molecule has 2 heterocycles. The van der Waals surface area contributed by atoms with E-state index in [1.807, 2.05) is 74.5 Å². The van der Waals surface area contributed by atoms with Crippen LogP contribution in [0.15, 0.2) is 60.7 Å². The molecule has 2 aromatic carbocycles. The Morgan fingerprint density at radius 3 is 2.10 bits per heavy atom. The predicted octanol–water partition coefficient (Wildman–Crippen LogP) is 2.62. The van der Waals surface area contributed by atoms with Gasteiger partial charge in [0.15, 0.2) is 0 Å². The maximum atomic E-state index is 14.4. The molecular weight excluding hydrogens is 518 g/mol. The quantitative estimate of drug-likeness (QED) is 0.436. The number of rotatable bonds is 9. The Morgan fingerprint density at radius 1 is 0.927 bits per heavy atom. The van der Waals surface area contributed by atoms with Crippen LogP contribution in [0, 0.1) is 5.92 Å². The molecule has 4 amide bonds. The third kappa shape index (κ3) is 6.78.